The summed E-state index contributed by atoms with van der Waals surface area (Å²) in [6.45, 7) is 1.71. The van der Waals surface area contributed by atoms with Gasteiger partial charge in [-0.15, -0.1) is 0 Å². The molecular weight excluding hydrogens is 480 g/mol. The standard InChI is InChI=1S/C27H30N2O8/c1-10-12-8-9-13(11-6-4-5-7-11)20(30)15(12)21(31)16-14(10)22(32)18-19(29(2)3)23(33)17(26(28)36)25(35)27(18,37)24(16)34/h4,6,8-11,14,18-19,22,30-32,35,37H,5,7H2,1-3H3,(H2,28,36)/t10-,11?,14+,18-,19-,22+,27+/m1/s1. The first kappa shape index (κ1) is 25.2. The summed E-state index contributed by atoms with van der Waals surface area (Å²) < 4.78 is 0. The van der Waals surface area contributed by atoms with Crippen LogP contribution >= 0.6 is 0 Å². The van der Waals surface area contributed by atoms with Gasteiger partial charge >= 0.3 is 0 Å². The van der Waals surface area contributed by atoms with Gasteiger partial charge in [0, 0.05) is 23.0 Å². The number of ketones is 2. The number of nitrogens with two attached hydrogens (primary N) is 1. The summed E-state index contributed by atoms with van der Waals surface area (Å²) in [6, 6.07) is 2.13. The molecule has 10 heteroatoms. The zero-order valence-electron chi connectivity index (χ0n) is 20.7. The minimum Gasteiger partial charge on any atom is -0.508 e. The number of amides is 1. The molecule has 0 spiro atoms. The number of nitrogens with zero attached hydrogens (tertiary/aromatic N) is 1. The number of carbonyl (C=O) groups excluding carboxylic acids is 3. The topological polar surface area (TPSA) is 182 Å². The summed E-state index contributed by atoms with van der Waals surface area (Å²) in [7, 11) is 2.95. The molecule has 1 aromatic carbocycles. The van der Waals surface area contributed by atoms with Crippen LogP contribution in [0.25, 0.3) is 5.76 Å². The third-order valence-corrected chi connectivity index (χ3v) is 8.57. The molecule has 0 radical (unpaired) electrons. The van der Waals surface area contributed by atoms with E-state index in [1.807, 2.05) is 12.2 Å². The number of phenolic OH excluding ortho intramolecular Hbond substituents is 1. The summed E-state index contributed by atoms with van der Waals surface area (Å²) in [5, 5.41) is 56.9. The molecule has 1 saturated carbocycles. The van der Waals surface area contributed by atoms with Gasteiger partial charge in [-0.2, -0.15) is 0 Å². The second kappa shape index (κ2) is 8.27. The van der Waals surface area contributed by atoms with E-state index in [9.17, 15) is 39.9 Å². The molecule has 5 rings (SSSR count). The van der Waals surface area contributed by atoms with Crippen LogP contribution in [0.4, 0.5) is 0 Å². The van der Waals surface area contributed by atoms with Crippen LogP contribution < -0.4 is 5.73 Å². The third-order valence-electron chi connectivity index (χ3n) is 8.57. The second-order valence-electron chi connectivity index (χ2n) is 10.6. The van der Waals surface area contributed by atoms with E-state index in [1.54, 1.807) is 19.1 Å². The highest BCUT2D eigenvalue weighted by Crippen LogP contribution is 2.56. The van der Waals surface area contributed by atoms with Gasteiger partial charge in [0.05, 0.1) is 23.6 Å². The molecule has 0 aromatic heterocycles. The number of aliphatic hydroxyl groups excluding tert-OH is 3. The van der Waals surface area contributed by atoms with Crippen LogP contribution in [0.1, 0.15) is 48.3 Å². The molecule has 1 unspecified atom stereocenters. The largest absolute Gasteiger partial charge is 0.508 e. The minimum atomic E-state index is -2.91. The Labute approximate surface area is 213 Å². The fourth-order valence-electron chi connectivity index (χ4n) is 6.82. The Balaban J connectivity index is 1.77. The minimum absolute atomic E-state index is 0.0220. The summed E-state index contributed by atoms with van der Waals surface area (Å²) >= 11 is 0. The zero-order valence-corrected chi connectivity index (χ0v) is 20.7. The molecule has 196 valence electrons. The van der Waals surface area contributed by atoms with Gasteiger partial charge in [-0.3, -0.25) is 19.3 Å². The highest BCUT2D eigenvalue weighted by molar-refractivity contribution is 6.24. The molecule has 1 fully saturated rings. The molecule has 7 N–H and O–H groups in total. The van der Waals surface area contributed by atoms with E-state index in [0.717, 1.165) is 12.8 Å². The van der Waals surface area contributed by atoms with Crippen molar-refractivity contribution in [2.45, 2.75) is 49.3 Å². The van der Waals surface area contributed by atoms with E-state index in [4.69, 9.17) is 5.73 Å². The maximum Gasteiger partial charge on any atom is 0.255 e. The van der Waals surface area contributed by atoms with Gasteiger partial charge < -0.3 is 31.3 Å². The first-order valence-electron chi connectivity index (χ1n) is 12.2. The second-order valence-corrected chi connectivity index (χ2v) is 10.6. The molecule has 1 aromatic rings. The number of aromatic hydroxyl groups is 1. The van der Waals surface area contributed by atoms with Crippen molar-refractivity contribution in [3.05, 3.63) is 57.9 Å². The predicted molar refractivity (Wildman–Crippen MR) is 131 cm³/mol. The molecule has 0 saturated heterocycles. The number of aliphatic hydroxyl groups is 4. The first-order chi connectivity index (χ1) is 17.3. The van der Waals surface area contributed by atoms with Gasteiger partial charge in [0.1, 0.15) is 22.8 Å². The fraction of sp³-hybridized carbons (Fsp3) is 0.444. The monoisotopic (exact) mass is 510 g/mol. The molecule has 4 aliphatic carbocycles. The number of primary amides is 1. The molecule has 0 aliphatic heterocycles. The Morgan fingerprint density at radius 1 is 1.14 bits per heavy atom. The van der Waals surface area contributed by atoms with Crippen molar-refractivity contribution >= 4 is 23.2 Å². The molecule has 37 heavy (non-hydrogen) atoms. The van der Waals surface area contributed by atoms with Crippen LogP contribution in [0.3, 0.4) is 0 Å². The van der Waals surface area contributed by atoms with Crippen LogP contribution in [0.15, 0.2) is 41.2 Å². The zero-order chi connectivity index (χ0) is 27.1. The van der Waals surface area contributed by atoms with Gasteiger partial charge in [-0.25, -0.2) is 0 Å². The van der Waals surface area contributed by atoms with Crippen molar-refractivity contribution in [3.63, 3.8) is 0 Å². The maximum absolute atomic E-state index is 14.0. The number of phenols is 1. The number of benzene rings is 1. The number of carbonyl (C=O) groups is 3. The molecule has 0 heterocycles. The van der Waals surface area contributed by atoms with E-state index in [0.29, 0.717) is 11.1 Å². The van der Waals surface area contributed by atoms with Crippen molar-refractivity contribution in [2.75, 3.05) is 14.1 Å². The number of Topliss-reactive ketones (excluding diaryl/α,β-unsaturated/α-hetero) is 2. The molecule has 0 bridgehead atoms. The van der Waals surface area contributed by atoms with Gasteiger partial charge in [-0.1, -0.05) is 31.2 Å². The van der Waals surface area contributed by atoms with Crippen LogP contribution in [0.5, 0.6) is 5.75 Å². The average molecular weight is 511 g/mol. The molecule has 7 atom stereocenters. The lowest BCUT2D eigenvalue weighted by atomic mass is 9.54. The van der Waals surface area contributed by atoms with E-state index < -0.39 is 70.1 Å². The Morgan fingerprint density at radius 3 is 2.35 bits per heavy atom. The molecule has 4 aliphatic rings. The van der Waals surface area contributed by atoms with Crippen LogP contribution in [0.2, 0.25) is 0 Å². The SMILES string of the molecule is C[C@@H]1c2ccc(C3C=CCC3)c(O)c2C(O)=C2C(=O)[C@]3(O)C(O)=C(C(N)=O)C(=O)[C@H](N(C)C)[C@@H]3[C@@H](O)[C@H]21. The van der Waals surface area contributed by atoms with Gasteiger partial charge in [0.2, 0.25) is 5.78 Å². The van der Waals surface area contributed by atoms with E-state index in [1.165, 1.54) is 19.0 Å². The fourth-order valence-corrected chi connectivity index (χ4v) is 6.82. The lowest BCUT2D eigenvalue weighted by Gasteiger charge is -2.53. The summed E-state index contributed by atoms with van der Waals surface area (Å²) in [6.07, 6.45) is 3.96. The van der Waals surface area contributed by atoms with Crippen molar-refractivity contribution in [2.24, 2.45) is 17.6 Å². The Bertz CT molecular complexity index is 1340. The first-order valence-corrected chi connectivity index (χ1v) is 12.2. The van der Waals surface area contributed by atoms with Crippen LogP contribution in [0, 0.1) is 11.8 Å². The molecule has 10 nitrogen and oxygen atoms in total. The summed E-state index contributed by atoms with van der Waals surface area (Å²) in [4.78, 5) is 40.6. The van der Waals surface area contributed by atoms with Crippen molar-refractivity contribution in [1.82, 2.24) is 4.90 Å². The quantitative estimate of drug-likeness (QED) is 0.254. The Hall–Kier alpha value is -3.47. The lowest BCUT2D eigenvalue weighted by Crippen LogP contribution is -2.70. The summed E-state index contributed by atoms with van der Waals surface area (Å²) in [5.74, 6) is -8.83. The number of hydrogen-bond donors (Lipinski definition) is 6. The Morgan fingerprint density at radius 2 is 1.78 bits per heavy atom. The van der Waals surface area contributed by atoms with E-state index >= 15 is 0 Å². The van der Waals surface area contributed by atoms with Gasteiger partial charge in [-0.05, 0) is 38.4 Å². The van der Waals surface area contributed by atoms with Crippen molar-refractivity contribution in [3.8, 4) is 5.75 Å². The maximum atomic E-state index is 14.0. The average Bonchev–Trinajstić information content (AvgIpc) is 3.35. The lowest BCUT2D eigenvalue weighted by molar-refractivity contribution is -0.169. The van der Waals surface area contributed by atoms with Gasteiger partial charge in [0.25, 0.3) is 5.91 Å². The Kier molecular flexibility index (Phi) is 5.63. The number of hydrogen-bond acceptors (Lipinski definition) is 9. The number of allylic oxidation sites excluding steroid dienone is 2. The van der Waals surface area contributed by atoms with E-state index in [-0.39, 0.29) is 22.8 Å². The van der Waals surface area contributed by atoms with Crippen LogP contribution in [-0.4, -0.2) is 79.7 Å². The van der Waals surface area contributed by atoms with Crippen molar-refractivity contribution < 1.29 is 39.9 Å². The normalized spacial score (nSPS) is 35.1. The van der Waals surface area contributed by atoms with Crippen molar-refractivity contribution in [1.29, 1.82) is 0 Å². The predicted octanol–water partition coefficient (Wildman–Crippen LogP) is 0.929. The number of fused-ring (bicyclic) bond motifs is 3. The third kappa shape index (κ3) is 3.12. The summed E-state index contributed by atoms with van der Waals surface area (Å²) in [5.41, 5.74) is 2.19. The smallest absolute Gasteiger partial charge is 0.255 e. The molecular formula is C27H30N2O8. The van der Waals surface area contributed by atoms with E-state index in [2.05, 4.69) is 0 Å². The number of rotatable bonds is 3. The highest BCUT2D eigenvalue weighted by Gasteiger charge is 2.68. The van der Waals surface area contributed by atoms with Crippen LogP contribution in [-0.2, 0) is 14.4 Å². The number of likely N-dealkylation sites (N-methyl/N-ethyl adjacent to an activating group) is 1. The molecule has 1 amide bonds. The highest BCUT2D eigenvalue weighted by atomic mass is 16.4. The van der Waals surface area contributed by atoms with Gasteiger partial charge in [0.15, 0.2) is 11.4 Å².